The highest BCUT2D eigenvalue weighted by Crippen LogP contribution is 2.25. The van der Waals surface area contributed by atoms with E-state index < -0.39 is 30.5 Å². The van der Waals surface area contributed by atoms with Gasteiger partial charge in [0, 0.05) is 5.56 Å². The third-order valence-electron chi connectivity index (χ3n) is 3.03. The summed E-state index contributed by atoms with van der Waals surface area (Å²) in [6.45, 7) is 0. The van der Waals surface area contributed by atoms with Crippen LogP contribution in [0.15, 0.2) is 60.7 Å². The Morgan fingerprint density at radius 2 is 1.35 bits per heavy atom. The summed E-state index contributed by atoms with van der Waals surface area (Å²) in [4.78, 5) is 24.1. The lowest BCUT2D eigenvalue weighted by Crippen LogP contribution is -2.32. The second kappa shape index (κ2) is 7.09. The van der Waals surface area contributed by atoms with Crippen LogP contribution < -0.4 is 0 Å². The lowest BCUT2D eigenvalue weighted by atomic mass is 10.0. The van der Waals surface area contributed by atoms with E-state index in [0.29, 0.717) is 0 Å². The predicted octanol–water partition coefficient (Wildman–Crippen LogP) is 4.05. The van der Waals surface area contributed by atoms with Gasteiger partial charge in [-0.15, -0.1) is 0 Å². The van der Waals surface area contributed by atoms with Gasteiger partial charge in [-0.1, -0.05) is 48.5 Å². The Kier molecular flexibility index (Phi) is 5.16. The summed E-state index contributed by atoms with van der Waals surface area (Å²) in [5.74, 6) is -1.85. The molecule has 3 nitrogen and oxygen atoms in total. The Morgan fingerprint density at radius 1 is 0.870 bits per heavy atom. The molecule has 0 aliphatic heterocycles. The van der Waals surface area contributed by atoms with Gasteiger partial charge in [0.1, 0.15) is 0 Å². The summed E-state index contributed by atoms with van der Waals surface area (Å²) in [5.41, 5.74) is 0.142. The molecule has 0 saturated carbocycles. The largest absolute Gasteiger partial charge is 0.450 e. The van der Waals surface area contributed by atoms with E-state index in [0.717, 1.165) is 0 Å². The molecule has 0 aliphatic rings. The fourth-order valence-corrected chi connectivity index (χ4v) is 1.96. The molecular formula is C17H13F3O3. The molecule has 0 spiro atoms. The van der Waals surface area contributed by atoms with Crippen LogP contribution in [0.2, 0.25) is 0 Å². The number of ether oxygens (including phenoxy) is 1. The van der Waals surface area contributed by atoms with Crippen LogP contribution in [0.5, 0.6) is 0 Å². The van der Waals surface area contributed by atoms with Crippen LogP contribution in [0.3, 0.4) is 0 Å². The third kappa shape index (κ3) is 4.95. The highest BCUT2D eigenvalue weighted by atomic mass is 19.4. The summed E-state index contributed by atoms with van der Waals surface area (Å²) in [7, 11) is 0. The first-order chi connectivity index (χ1) is 10.9. The molecule has 1 unspecified atom stereocenters. The highest BCUT2D eigenvalue weighted by molar-refractivity contribution is 6.01. The Balaban J connectivity index is 2.21. The number of Topliss-reactive ketones (excluding diaryl/α,β-unsaturated/α-hetero) is 1. The first-order valence-electron chi connectivity index (χ1n) is 6.79. The van der Waals surface area contributed by atoms with Crippen LogP contribution in [-0.4, -0.2) is 24.0 Å². The molecule has 2 aromatic carbocycles. The minimum Gasteiger partial charge on any atom is -0.450 e. The van der Waals surface area contributed by atoms with Crippen molar-refractivity contribution in [2.45, 2.75) is 18.7 Å². The summed E-state index contributed by atoms with van der Waals surface area (Å²) >= 11 is 0. The number of carbonyl (C=O) groups excluding carboxylic acids is 2. The van der Waals surface area contributed by atoms with Crippen molar-refractivity contribution < 1.29 is 27.5 Å². The van der Waals surface area contributed by atoms with Gasteiger partial charge >= 0.3 is 12.1 Å². The minimum absolute atomic E-state index is 0.0580. The average Bonchev–Trinajstić information content (AvgIpc) is 2.54. The number of esters is 1. The van der Waals surface area contributed by atoms with E-state index in [1.165, 1.54) is 36.4 Å². The van der Waals surface area contributed by atoms with Crippen LogP contribution in [0.25, 0.3) is 0 Å². The molecule has 0 radical (unpaired) electrons. The fourth-order valence-electron chi connectivity index (χ4n) is 1.96. The van der Waals surface area contributed by atoms with Gasteiger partial charge in [-0.05, 0) is 12.1 Å². The van der Waals surface area contributed by atoms with Crippen LogP contribution in [0.1, 0.15) is 27.1 Å². The van der Waals surface area contributed by atoms with E-state index in [4.69, 9.17) is 4.74 Å². The van der Waals surface area contributed by atoms with Crippen molar-refractivity contribution in [2.75, 3.05) is 0 Å². The predicted molar refractivity (Wildman–Crippen MR) is 77.1 cm³/mol. The Hall–Kier alpha value is -2.63. The Morgan fingerprint density at radius 3 is 1.83 bits per heavy atom. The van der Waals surface area contributed by atoms with Crippen molar-refractivity contribution in [3.05, 3.63) is 71.8 Å². The highest BCUT2D eigenvalue weighted by Gasteiger charge is 2.38. The zero-order valence-electron chi connectivity index (χ0n) is 11.9. The zero-order valence-corrected chi connectivity index (χ0v) is 11.9. The van der Waals surface area contributed by atoms with Gasteiger partial charge in [-0.25, -0.2) is 4.79 Å². The van der Waals surface area contributed by atoms with Gasteiger partial charge in [0.15, 0.2) is 6.10 Å². The zero-order chi connectivity index (χ0) is 16.9. The molecule has 0 aromatic heterocycles. The summed E-state index contributed by atoms with van der Waals surface area (Å²) in [6, 6.07) is 15.0. The van der Waals surface area contributed by atoms with Crippen LogP contribution in [0.4, 0.5) is 13.2 Å². The van der Waals surface area contributed by atoms with E-state index >= 15 is 0 Å². The van der Waals surface area contributed by atoms with Crippen LogP contribution in [0, 0.1) is 0 Å². The fraction of sp³-hybridized carbons (Fsp3) is 0.176. The lowest BCUT2D eigenvalue weighted by Gasteiger charge is -2.18. The normalized spacial score (nSPS) is 12.5. The second-order valence-electron chi connectivity index (χ2n) is 4.81. The molecule has 2 aromatic rings. The van der Waals surface area contributed by atoms with Crippen molar-refractivity contribution in [3.63, 3.8) is 0 Å². The summed E-state index contributed by atoms with van der Waals surface area (Å²) in [6.07, 6.45) is -8.07. The van der Waals surface area contributed by atoms with Crippen molar-refractivity contribution >= 4 is 11.8 Å². The lowest BCUT2D eigenvalue weighted by molar-refractivity contribution is -0.149. The van der Waals surface area contributed by atoms with Gasteiger partial charge in [-0.2, -0.15) is 13.2 Å². The van der Waals surface area contributed by atoms with Crippen LogP contribution >= 0.6 is 0 Å². The van der Waals surface area contributed by atoms with Gasteiger partial charge in [0.25, 0.3) is 0 Å². The number of carbonyl (C=O) groups is 2. The average molecular weight is 322 g/mol. The molecule has 0 amide bonds. The number of hydrogen-bond donors (Lipinski definition) is 0. The number of hydrogen-bond acceptors (Lipinski definition) is 3. The van der Waals surface area contributed by atoms with Crippen molar-refractivity contribution in [2.24, 2.45) is 0 Å². The van der Waals surface area contributed by atoms with E-state index in [1.807, 2.05) is 0 Å². The second-order valence-corrected chi connectivity index (χ2v) is 4.81. The quantitative estimate of drug-likeness (QED) is 0.616. The van der Waals surface area contributed by atoms with Gasteiger partial charge < -0.3 is 4.74 Å². The first-order valence-corrected chi connectivity index (χ1v) is 6.79. The van der Waals surface area contributed by atoms with E-state index in [2.05, 4.69) is 0 Å². The van der Waals surface area contributed by atoms with Gasteiger partial charge in [-0.3, -0.25) is 4.79 Å². The molecule has 0 fully saturated rings. The van der Waals surface area contributed by atoms with E-state index in [-0.39, 0.29) is 11.1 Å². The number of rotatable bonds is 5. The van der Waals surface area contributed by atoms with Gasteiger partial charge in [0.2, 0.25) is 5.78 Å². The molecule has 0 heterocycles. The standard InChI is InChI=1S/C17H13F3O3/c18-17(19,20)11-14(15(21)12-7-3-1-4-8-12)23-16(22)13-9-5-2-6-10-13/h1-10,14H,11H2. The maximum absolute atomic E-state index is 12.7. The Labute approximate surface area is 130 Å². The number of alkyl halides is 3. The summed E-state index contributed by atoms with van der Waals surface area (Å²) < 4.78 is 42.9. The minimum atomic E-state index is -4.63. The molecule has 0 saturated heterocycles. The molecule has 120 valence electrons. The number of ketones is 1. The molecular weight excluding hydrogens is 309 g/mol. The van der Waals surface area contributed by atoms with E-state index in [1.54, 1.807) is 24.3 Å². The molecule has 2 rings (SSSR count). The molecule has 0 bridgehead atoms. The smallest absolute Gasteiger partial charge is 0.393 e. The molecule has 0 aliphatic carbocycles. The molecule has 23 heavy (non-hydrogen) atoms. The number of halogens is 3. The monoisotopic (exact) mass is 322 g/mol. The maximum atomic E-state index is 12.7. The molecule has 6 heteroatoms. The Bertz CT molecular complexity index is 666. The maximum Gasteiger partial charge on any atom is 0.393 e. The first kappa shape index (κ1) is 16.7. The van der Waals surface area contributed by atoms with Crippen molar-refractivity contribution in [1.29, 1.82) is 0 Å². The van der Waals surface area contributed by atoms with Gasteiger partial charge in [0.05, 0.1) is 12.0 Å². The van der Waals surface area contributed by atoms with Crippen LogP contribution in [-0.2, 0) is 4.74 Å². The van der Waals surface area contributed by atoms with Crippen molar-refractivity contribution in [1.82, 2.24) is 0 Å². The number of benzene rings is 2. The molecule has 0 N–H and O–H groups in total. The van der Waals surface area contributed by atoms with E-state index in [9.17, 15) is 22.8 Å². The van der Waals surface area contributed by atoms with Crippen molar-refractivity contribution in [3.8, 4) is 0 Å². The molecule has 1 atom stereocenters. The third-order valence-corrected chi connectivity index (χ3v) is 3.03. The summed E-state index contributed by atoms with van der Waals surface area (Å²) in [5, 5.41) is 0. The topological polar surface area (TPSA) is 43.4 Å². The SMILES string of the molecule is O=C(OC(CC(F)(F)F)C(=O)c1ccccc1)c1ccccc1.